The van der Waals surface area contributed by atoms with Gasteiger partial charge in [-0.05, 0) is 98.1 Å². The summed E-state index contributed by atoms with van der Waals surface area (Å²) in [4.78, 5) is 0. The lowest BCUT2D eigenvalue weighted by Crippen LogP contribution is -2.10. The molecule has 1 aromatic carbocycles. The number of aryl methyl sites for hydroxylation is 2. The molecule has 0 nitrogen and oxygen atoms in total. The highest BCUT2D eigenvalue weighted by atomic mass is 31.1. The quantitative estimate of drug-likeness (QED) is 0.342. The van der Waals surface area contributed by atoms with Crippen LogP contribution in [0.1, 0.15) is 118 Å². The molecule has 0 spiro atoms. The van der Waals surface area contributed by atoms with Gasteiger partial charge in [-0.25, -0.2) is 0 Å². The lowest BCUT2D eigenvalue weighted by atomic mass is 9.86. The van der Waals surface area contributed by atoms with Gasteiger partial charge in [0.1, 0.15) is 0 Å². The molecule has 0 amide bonds. The van der Waals surface area contributed by atoms with Gasteiger partial charge >= 0.3 is 0 Å². The molecule has 0 N–H and O–H groups in total. The Balaban J connectivity index is 2.32. The van der Waals surface area contributed by atoms with E-state index in [1.165, 1.54) is 25.7 Å². The molecule has 190 valence electrons. The molecule has 2 aliphatic rings. The summed E-state index contributed by atoms with van der Waals surface area (Å²) in [5.41, 5.74) is 9.82. The normalized spacial score (nSPS) is 19.9. The molecule has 0 atom stereocenters. The third-order valence-electron chi connectivity index (χ3n) is 7.79. The van der Waals surface area contributed by atoms with Gasteiger partial charge in [-0.1, -0.05) is 117 Å². The average molecular weight is 499 g/mol. The Kier molecular flexibility index (Phi) is 8.69. The molecule has 34 heavy (non-hydrogen) atoms. The molecule has 0 aliphatic heterocycles. The summed E-state index contributed by atoms with van der Waals surface area (Å²) in [6.45, 7) is 29.5. The van der Waals surface area contributed by atoms with Crippen LogP contribution in [0, 0.1) is 10.8 Å². The molecule has 3 rings (SSSR count). The maximum absolute atomic E-state index is 2.70. The van der Waals surface area contributed by atoms with Gasteiger partial charge in [0.05, 0.1) is 0 Å². The number of fused-ring (bicyclic) bond motifs is 2. The topological polar surface area (TPSA) is 0 Å². The second kappa shape index (κ2) is 10.5. The highest BCUT2D eigenvalue weighted by Crippen LogP contribution is 2.63. The van der Waals surface area contributed by atoms with E-state index in [0.717, 1.165) is 0 Å². The number of rotatable bonds is 6. The lowest BCUT2D eigenvalue weighted by molar-refractivity contribution is 0.440. The second-order valence-corrected chi connectivity index (χ2v) is 20.1. The Morgan fingerprint density at radius 3 is 1.18 bits per heavy atom. The maximum Gasteiger partial charge on any atom is -0.0144 e. The van der Waals surface area contributed by atoms with Crippen LogP contribution < -0.4 is 0 Å². The Bertz CT molecular complexity index is 851. The first-order valence-electron chi connectivity index (χ1n) is 13.8. The SMILES string of the molecule is CC(C)P(C1=CC(C)(C)CCc2cc3c(cc21)C(P(C(C)C)C(C)C)=CC(C)(C)CC3)C(C)C. The Morgan fingerprint density at radius 2 is 0.882 bits per heavy atom. The van der Waals surface area contributed by atoms with E-state index in [-0.39, 0.29) is 26.7 Å². The van der Waals surface area contributed by atoms with Crippen molar-refractivity contribution in [3.8, 4) is 0 Å². The Morgan fingerprint density at radius 1 is 0.559 bits per heavy atom. The highest BCUT2D eigenvalue weighted by molar-refractivity contribution is 7.70. The first kappa shape index (κ1) is 28.1. The molecule has 0 aromatic heterocycles. The monoisotopic (exact) mass is 498 g/mol. The van der Waals surface area contributed by atoms with Crippen LogP contribution in [-0.2, 0) is 12.8 Å². The highest BCUT2D eigenvalue weighted by Gasteiger charge is 2.34. The Labute approximate surface area is 215 Å². The minimum Gasteiger partial charge on any atom is -0.0705 e. The van der Waals surface area contributed by atoms with E-state index >= 15 is 0 Å². The molecule has 2 heteroatoms. The zero-order valence-electron chi connectivity index (χ0n) is 24.3. The molecule has 2 aliphatic carbocycles. The summed E-state index contributed by atoms with van der Waals surface area (Å²) in [5, 5.41) is 3.39. The number of hydrogen-bond donors (Lipinski definition) is 0. The van der Waals surface area contributed by atoms with Gasteiger partial charge in [-0.2, -0.15) is 0 Å². The van der Waals surface area contributed by atoms with E-state index in [0.29, 0.717) is 22.6 Å². The van der Waals surface area contributed by atoms with Crippen molar-refractivity contribution < 1.29 is 0 Å². The molecule has 0 radical (unpaired) electrons. The van der Waals surface area contributed by atoms with Crippen molar-refractivity contribution in [3.63, 3.8) is 0 Å². The van der Waals surface area contributed by atoms with Crippen LogP contribution in [0.15, 0.2) is 24.3 Å². The third kappa shape index (κ3) is 6.09. The lowest BCUT2D eigenvalue weighted by Gasteiger charge is -2.33. The molecule has 0 fully saturated rings. The summed E-state index contributed by atoms with van der Waals surface area (Å²) in [7, 11) is -0.411. The zero-order chi connectivity index (χ0) is 25.6. The molecule has 0 unspecified atom stereocenters. The fourth-order valence-corrected chi connectivity index (χ4v) is 12.9. The van der Waals surface area contributed by atoms with E-state index in [1.54, 1.807) is 32.9 Å². The van der Waals surface area contributed by atoms with Gasteiger partial charge in [0.2, 0.25) is 0 Å². The van der Waals surface area contributed by atoms with Gasteiger partial charge in [0, 0.05) is 0 Å². The van der Waals surface area contributed by atoms with Crippen LogP contribution in [0.2, 0.25) is 0 Å². The van der Waals surface area contributed by atoms with Gasteiger partial charge in [0.15, 0.2) is 0 Å². The smallest absolute Gasteiger partial charge is 0.0144 e. The molecular weight excluding hydrogens is 446 g/mol. The van der Waals surface area contributed by atoms with Gasteiger partial charge in [-0.3, -0.25) is 0 Å². The van der Waals surface area contributed by atoms with Crippen LogP contribution in [0.5, 0.6) is 0 Å². The summed E-state index contributed by atoms with van der Waals surface area (Å²) in [6, 6.07) is 5.36. The van der Waals surface area contributed by atoms with E-state index in [4.69, 9.17) is 0 Å². The van der Waals surface area contributed by atoms with Crippen molar-refractivity contribution in [1.29, 1.82) is 0 Å². The summed E-state index contributed by atoms with van der Waals surface area (Å²) >= 11 is 0. The predicted molar refractivity (Wildman–Crippen MR) is 161 cm³/mol. The largest absolute Gasteiger partial charge is 0.0705 e. The van der Waals surface area contributed by atoms with Crippen molar-refractivity contribution >= 4 is 26.5 Å². The molecule has 0 saturated carbocycles. The first-order chi connectivity index (χ1) is 15.6. The number of allylic oxidation sites excluding steroid dienone is 2. The van der Waals surface area contributed by atoms with Gasteiger partial charge in [0.25, 0.3) is 0 Å². The van der Waals surface area contributed by atoms with Crippen molar-refractivity contribution in [3.05, 3.63) is 46.5 Å². The Hall–Kier alpha value is -0.440. The van der Waals surface area contributed by atoms with Crippen LogP contribution in [0.25, 0.3) is 10.6 Å². The standard InChI is InChI=1S/C32H52P2/c1-21(2)33(22(3)4)29-19-31(9,10)15-13-25-17-26-14-16-32(11,12)20-30(28(26)18-27(25)29)34(23(5)6)24(7)8/h17-24H,13-16H2,1-12H3. The summed E-state index contributed by atoms with van der Waals surface area (Å²) < 4.78 is 0. The third-order valence-corrected chi connectivity index (χ3v) is 14.1. The summed E-state index contributed by atoms with van der Waals surface area (Å²) in [5.74, 6) is 0. The minimum atomic E-state index is -0.205. The first-order valence-corrected chi connectivity index (χ1v) is 16.8. The van der Waals surface area contributed by atoms with E-state index in [2.05, 4.69) is 107 Å². The zero-order valence-corrected chi connectivity index (χ0v) is 26.1. The fraction of sp³-hybridized carbons (Fsp3) is 0.688. The maximum atomic E-state index is 2.70. The molecule has 0 heterocycles. The molecule has 0 bridgehead atoms. The van der Waals surface area contributed by atoms with Crippen molar-refractivity contribution in [2.24, 2.45) is 10.8 Å². The van der Waals surface area contributed by atoms with Gasteiger partial charge < -0.3 is 0 Å². The van der Waals surface area contributed by atoms with Crippen molar-refractivity contribution in [2.45, 2.75) is 131 Å². The van der Waals surface area contributed by atoms with Crippen LogP contribution in [0.3, 0.4) is 0 Å². The molecule has 0 saturated heterocycles. The number of benzene rings is 1. The second-order valence-electron chi connectivity index (χ2n) is 13.4. The van der Waals surface area contributed by atoms with Gasteiger partial charge in [-0.15, -0.1) is 0 Å². The summed E-state index contributed by atoms with van der Waals surface area (Å²) in [6.07, 6.45) is 10.3. The fourth-order valence-electron chi connectivity index (χ4n) is 6.27. The average Bonchev–Trinajstić information content (AvgIpc) is 2.88. The van der Waals surface area contributed by atoms with E-state index in [1.807, 2.05) is 0 Å². The predicted octanol–water partition coefficient (Wildman–Crippen LogP) is 10.9. The van der Waals surface area contributed by atoms with Crippen molar-refractivity contribution in [2.75, 3.05) is 0 Å². The van der Waals surface area contributed by atoms with Crippen LogP contribution in [-0.4, -0.2) is 22.6 Å². The molecule has 1 aromatic rings. The van der Waals surface area contributed by atoms with Crippen molar-refractivity contribution in [1.82, 2.24) is 0 Å². The minimum absolute atomic E-state index is 0.205. The van der Waals surface area contributed by atoms with Crippen LogP contribution >= 0.6 is 15.8 Å². The van der Waals surface area contributed by atoms with Crippen LogP contribution in [0.4, 0.5) is 0 Å². The van der Waals surface area contributed by atoms with E-state index in [9.17, 15) is 0 Å². The number of hydrogen-bond acceptors (Lipinski definition) is 0. The molecular formula is C32H52P2. The van der Waals surface area contributed by atoms with E-state index < -0.39 is 0 Å².